The zero-order chi connectivity index (χ0) is 16.8. The van der Waals surface area contributed by atoms with Gasteiger partial charge in [0.05, 0.1) is 11.9 Å². The van der Waals surface area contributed by atoms with Crippen LogP contribution in [0.3, 0.4) is 0 Å². The summed E-state index contributed by atoms with van der Waals surface area (Å²) >= 11 is 0. The van der Waals surface area contributed by atoms with Gasteiger partial charge in [-0.2, -0.15) is 0 Å². The van der Waals surface area contributed by atoms with Gasteiger partial charge in [0.2, 0.25) is 0 Å². The van der Waals surface area contributed by atoms with Gasteiger partial charge in [-0.05, 0) is 36.1 Å². The number of ether oxygens (including phenoxy) is 1. The summed E-state index contributed by atoms with van der Waals surface area (Å²) in [5.41, 5.74) is 3.99. The molecule has 1 aliphatic rings. The average Bonchev–Trinajstić information content (AvgIpc) is 2.65. The van der Waals surface area contributed by atoms with Crippen molar-refractivity contribution in [2.45, 2.75) is 19.4 Å². The van der Waals surface area contributed by atoms with Crippen LogP contribution < -0.4 is 5.32 Å². The number of nitrogens with one attached hydrogen (secondary N) is 1. The van der Waals surface area contributed by atoms with Crippen molar-refractivity contribution in [3.05, 3.63) is 59.4 Å². The van der Waals surface area contributed by atoms with Crippen LogP contribution in [0.25, 0.3) is 0 Å². The Kier molecular flexibility index (Phi) is 5.43. The number of nitrogens with zero attached hydrogens (tertiary/aromatic N) is 2. The molecular formula is C19H23N3O2. The van der Waals surface area contributed by atoms with Crippen molar-refractivity contribution in [2.24, 2.45) is 0 Å². The summed E-state index contributed by atoms with van der Waals surface area (Å²) in [5, 5.41) is 3.27. The van der Waals surface area contributed by atoms with Crippen LogP contribution in [0.5, 0.6) is 0 Å². The van der Waals surface area contributed by atoms with E-state index in [1.54, 1.807) is 19.4 Å². The van der Waals surface area contributed by atoms with Gasteiger partial charge in [0.25, 0.3) is 5.91 Å². The third-order valence-corrected chi connectivity index (χ3v) is 4.25. The first-order valence-corrected chi connectivity index (χ1v) is 8.33. The van der Waals surface area contributed by atoms with Crippen molar-refractivity contribution in [1.82, 2.24) is 9.88 Å². The van der Waals surface area contributed by atoms with E-state index in [0.717, 1.165) is 38.2 Å². The number of rotatable bonds is 6. The van der Waals surface area contributed by atoms with Gasteiger partial charge >= 0.3 is 0 Å². The van der Waals surface area contributed by atoms with Crippen molar-refractivity contribution in [3.8, 4) is 0 Å². The Balaban J connectivity index is 1.59. The maximum absolute atomic E-state index is 12.6. The molecule has 5 heteroatoms. The van der Waals surface area contributed by atoms with E-state index in [4.69, 9.17) is 4.74 Å². The van der Waals surface area contributed by atoms with E-state index < -0.39 is 0 Å². The molecule has 3 rings (SSSR count). The summed E-state index contributed by atoms with van der Waals surface area (Å²) in [7, 11) is 1.70. The Labute approximate surface area is 142 Å². The third kappa shape index (κ3) is 3.92. The summed E-state index contributed by atoms with van der Waals surface area (Å²) in [5.74, 6) is -0.00423. The summed E-state index contributed by atoms with van der Waals surface area (Å²) in [6.45, 7) is 2.96. The van der Waals surface area contributed by atoms with Crippen molar-refractivity contribution >= 4 is 11.6 Å². The number of carbonyl (C=O) groups is 1. The summed E-state index contributed by atoms with van der Waals surface area (Å²) in [6, 6.07) is 12.0. The first kappa shape index (κ1) is 16.5. The highest BCUT2D eigenvalue weighted by molar-refractivity contribution is 5.92. The first-order chi connectivity index (χ1) is 11.8. The molecule has 0 saturated carbocycles. The molecule has 0 unspecified atom stereocenters. The summed E-state index contributed by atoms with van der Waals surface area (Å²) < 4.78 is 5.02. The molecule has 2 aromatic rings. The minimum absolute atomic E-state index is 0.00423. The second kappa shape index (κ2) is 7.93. The number of hydrogen-bond acceptors (Lipinski definition) is 4. The van der Waals surface area contributed by atoms with Gasteiger partial charge in [-0.15, -0.1) is 0 Å². The quantitative estimate of drug-likeness (QED) is 0.830. The van der Waals surface area contributed by atoms with Gasteiger partial charge < -0.3 is 15.0 Å². The number of fused-ring (bicyclic) bond motifs is 1. The molecule has 1 aromatic heterocycles. The van der Waals surface area contributed by atoms with Crippen LogP contribution in [0.4, 0.5) is 5.69 Å². The van der Waals surface area contributed by atoms with Crippen molar-refractivity contribution in [2.75, 3.05) is 32.1 Å². The molecule has 0 aliphatic carbocycles. The number of carbonyl (C=O) groups excluding carboxylic acids is 1. The lowest BCUT2D eigenvalue weighted by Crippen LogP contribution is -2.36. The standard InChI is InChI=1S/C19H23N3O2/c1-24-12-4-10-20-17-7-8-18(21-13-17)19(23)22-11-9-15-5-2-3-6-16(15)14-22/h2-3,5-8,13,20H,4,9-12,14H2,1H3. The second-order valence-corrected chi connectivity index (χ2v) is 5.95. The molecule has 1 aliphatic heterocycles. The number of anilines is 1. The zero-order valence-electron chi connectivity index (χ0n) is 14.0. The van der Waals surface area contributed by atoms with Crippen LogP contribution in [-0.4, -0.2) is 42.6 Å². The minimum Gasteiger partial charge on any atom is -0.385 e. The van der Waals surface area contributed by atoms with Gasteiger partial charge in [-0.25, -0.2) is 4.98 Å². The maximum atomic E-state index is 12.6. The van der Waals surface area contributed by atoms with Crippen LogP contribution in [-0.2, 0) is 17.7 Å². The zero-order valence-corrected chi connectivity index (χ0v) is 14.0. The highest BCUT2D eigenvalue weighted by Gasteiger charge is 2.22. The molecule has 0 spiro atoms. The molecule has 0 bridgehead atoms. The molecule has 2 heterocycles. The van der Waals surface area contributed by atoms with E-state index in [0.29, 0.717) is 12.2 Å². The Morgan fingerprint density at radius 3 is 2.83 bits per heavy atom. The largest absolute Gasteiger partial charge is 0.385 e. The highest BCUT2D eigenvalue weighted by atomic mass is 16.5. The van der Waals surface area contributed by atoms with Crippen LogP contribution in [0.1, 0.15) is 28.0 Å². The van der Waals surface area contributed by atoms with Gasteiger partial charge in [0.15, 0.2) is 0 Å². The average molecular weight is 325 g/mol. The van der Waals surface area contributed by atoms with Gasteiger partial charge in [-0.3, -0.25) is 4.79 Å². The lowest BCUT2D eigenvalue weighted by atomic mass is 10.00. The van der Waals surface area contributed by atoms with Crippen molar-refractivity contribution in [3.63, 3.8) is 0 Å². The highest BCUT2D eigenvalue weighted by Crippen LogP contribution is 2.20. The molecule has 0 fully saturated rings. The molecule has 0 saturated heterocycles. The fraction of sp³-hybridized carbons (Fsp3) is 0.368. The fourth-order valence-electron chi connectivity index (χ4n) is 2.91. The number of amides is 1. The van der Waals surface area contributed by atoms with E-state index in [9.17, 15) is 4.79 Å². The molecule has 1 N–H and O–H groups in total. The van der Waals surface area contributed by atoms with Gasteiger partial charge in [0.1, 0.15) is 5.69 Å². The molecule has 24 heavy (non-hydrogen) atoms. The molecule has 0 radical (unpaired) electrons. The van der Waals surface area contributed by atoms with Crippen molar-refractivity contribution < 1.29 is 9.53 Å². The Morgan fingerprint density at radius 1 is 1.25 bits per heavy atom. The monoisotopic (exact) mass is 325 g/mol. The molecule has 1 aromatic carbocycles. The molecule has 0 atom stereocenters. The molecule has 126 valence electrons. The third-order valence-electron chi connectivity index (χ3n) is 4.25. The van der Waals surface area contributed by atoms with Crippen LogP contribution in [0.15, 0.2) is 42.6 Å². The van der Waals surface area contributed by atoms with E-state index in [-0.39, 0.29) is 5.91 Å². The lowest BCUT2D eigenvalue weighted by molar-refractivity contribution is 0.0729. The lowest BCUT2D eigenvalue weighted by Gasteiger charge is -2.28. The van der Waals surface area contributed by atoms with E-state index >= 15 is 0 Å². The van der Waals surface area contributed by atoms with E-state index in [1.807, 2.05) is 17.0 Å². The number of pyridine rings is 1. The second-order valence-electron chi connectivity index (χ2n) is 5.95. The van der Waals surface area contributed by atoms with Crippen LogP contribution >= 0.6 is 0 Å². The topological polar surface area (TPSA) is 54.5 Å². The summed E-state index contributed by atoms with van der Waals surface area (Å²) in [4.78, 5) is 18.8. The normalized spacial score (nSPS) is 13.5. The smallest absolute Gasteiger partial charge is 0.272 e. The first-order valence-electron chi connectivity index (χ1n) is 8.33. The van der Waals surface area contributed by atoms with Crippen molar-refractivity contribution in [1.29, 1.82) is 0 Å². The predicted molar refractivity (Wildman–Crippen MR) is 94.1 cm³/mol. The van der Waals surface area contributed by atoms with E-state index in [2.05, 4.69) is 28.5 Å². The number of benzene rings is 1. The Hall–Kier alpha value is -2.40. The molecule has 1 amide bonds. The Morgan fingerprint density at radius 2 is 2.08 bits per heavy atom. The number of hydrogen-bond donors (Lipinski definition) is 1. The SMILES string of the molecule is COCCCNc1ccc(C(=O)N2CCc3ccccc3C2)nc1. The minimum atomic E-state index is -0.00423. The predicted octanol–water partition coefficient (Wildman–Crippen LogP) is 2.73. The number of methoxy groups -OCH3 is 1. The van der Waals surface area contributed by atoms with Gasteiger partial charge in [0, 0.05) is 33.4 Å². The van der Waals surface area contributed by atoms with Crippen LogP contribution in [0.2, 0.25) is 0 Å². The van der Waals surface area contributed by atoms with Crippen LogP contribution in [0, 0.1) is 0 Å². The van der Waals surface area contributed by atoms with Gasteiger partial charge in [-0.1, -0.05) is 24.3 Å². The Bertz CT molecular complexity index is 685. The molecule has 5 nitrogen and oxygen atoms in total. The van der Waals surface area contributed by atoms with E-state index in [1.165, 1.54) is 11.1 Å². The number of aromatic nitrogens is 1. The fourth-order valence-corrected chi connectivity index (χ4v) is 2.91. The molecular weight excluding hydrogens is 302 g/mol. The maximum Gasteiger partial charge on any atom is 0.272 e. The summed E-state index contributed by atoms with van der Waals surface area (Å²) in [6.07, 6.45) is 3.56.